The van der Waals surface area contributed by atoms with Crippen LogP contribution in [0.1, 0.15) is 22.8 Å². The second-order valence-electron chi connectivity index (χ2n) is 4.63. The van der Waals surface area contributed by atoms with Crippen molar-refractivity contribution in [3.63, 3.8) is 0 Å². The van der Waals surface area contributed by atoms with Gasteiger partial charge in [-0.05, 0) is 42.8 Å². The predicted molar refractivity (Wildman–Crippen MR) is 90.6 cm³/mol. The lowest BCUT2D eigenvalue weighted by Gasteiger charge is -2.03. The third-order valence-electron chi connectivity index (χ3n) is 2.91. The summed E-state index contributed by atoms with van der Waals surface area (Å²) >= 11 is 11.7. The Morgan fingerprint density at radius 1 is 1.05 bits per heavy atom. The quantitative estimate of drug-likeness (QED) is 0.642. The number of hydrogen-bond acceptors (Lipinski definition) is 2. The van der Waals surface area contributed by atoms with Crippen LogP contribution in [0, 0.1) is 0 Å². The normalized spacial score (nSPS) is 10.7. The summed E-state index contributed by atoms with van der Waals surface area (Å²) in [4.78, 5) is 23.2. The highest BCUT2D eigenvalue weighted by Crippen LogP contribution is 2.23. The number of benzene rings is 2. The maximum atomic E-state index is 11.9. The first-order valence-corrected chi connectivity index (χ1v) is 7.26. The average Bonchev–Trinajstić information content (AvgIpc) is 2.49. The number of halogens is 2. The Morgan fingerprint density at radius 2 is 1.82 bits per heavy atom. The van der Waals surface area contributed by atoms with Crippen LogP contribution in [0.25, 0.3) is 6.08 Å². The maximum Gasteiger partial charge on any atom is 0.248 e. The van der Waals surface area contributed by atoms with Crippen molar-refractivity contribution in [1.29, 1.82) is 0 Å². The number of carbonyl (C=O) groups is 2. The molecule has 0 fully saturated rings. The maximum absolute atomic E-state index is 11.9. The molecule has 22 heavy (non-hydrogen) atoms. The van der Waals surface area contributed by atoms with E-state index >= 15 is 0 Å². The molecule has 1 amide bonds. The largest absolute Gasteiger partial charge is 0.322 e. The first kappa shape index (κ1) is 16.3. The van der Waals surface area contributed by atoms with E-state index in [2.05, 4.69) is 5.32 Å². The molecule has 112 valence electrons. The molecular weight excluding hydrogens is 321 g/mol. The first-order chi connectivity index (χ1) is 10.5. The molecule has 0 bridgehead atoms. The van der Waals surface area contributed by atoms with E-state index in [1.54, 1.807) is 48.5 Å². The Hall–Kier alpha value is -2.10. The highest BCUT2D eigenvalue weighted by molar-refractivity contribution is 6.42. The molecule has 0 spiro atoms. The van der Waals surface area contributed by atoms with Gasteiger partial charge in [0, 0.05) is 17.3 Å². The van der Waals surface area contributed by atoms with E-state index in [1.165, 1.54) is 13.0 Å². The minimum atomic E-state index is -0.299. The lowest BCUT2D eigenvalue weighted by atomic mass is 10.1. The molecule has 0 aliphatic heterocycles. The third-order valence-corrected chi connectivity index (χ3v) is 3.65. The Labute approximate surface area is 138 Å². The summed E-state index contributed by atoms with van der Waals surface area (Å²) in [5.74, 6) is -0.353. The second kappa shape index (κ2) is 7.25. The van der Waals surface area contributed by atoms with Gasteiger partial charge < -0.3 is 5.32 Å². The van der Waals surface area contributed by atoms with Gasteiger partial charge in [-0.3, -0.25) is 9.59 Å². The number of hydrogen-bond donors (Lipinski definition) is 1. The predicted octanol–water partition coefficient (Wildman–Crippen LogP) is 4.85. The number of carbonyl (C=O) groups excluding carboxylic acids is 2. The molecule has 3 nitrogen and oxygen atoms in total. The molecule has 2 rings (SSSR count). The summed E-state index contributed by atoms with van der Waals surface area (Å²) in [6.45, 7) is 1.48. The van der Waals surface area contributed by atoms with Crippen molar-refractivity contribution in [3.05, 3.63) is 69.7 Å². The number of anilines is 1. The number of rotatable bonds is 4. The summed E-state index contributed by atoms with van der Waals surface area (Å²) in [7, 11) is 0. The van der Waals surface area contributed by atoms with Crippen LogP contribution in [0.5, 0.6) is 0 Å². The molecular formula is C17H13Cl2NO2. The van der Waals surface area contributed by atoms with Crippen LogP contribution in [0.2, 0.25) is 10.0 Å². The fraction of sp³-hybridized carbons (Fsp3) is 0.0588. The molecule has 0 aromatic heterocycles. The standard InChI is InChI=1S/C17H13Cl2NO2/c1-11(21)13-3-2-4-14(10-13)20-17(22)8-6-12-5-7-15(18)16(19)9-12/h2-10H,1H3,(H,20,22)/b8-6+. The van der Waals surface area contributed by atoms with Crippen LogP contribution in [-0.4, -0.2) is 11.7 Å². The number of nitrogens with one attached hydrogen (secondary N) is 1. The van der Waals surface area contributed by atoms with Crippen LogP contribution >= 0.6 is 23.2 Å². The minimum absolute atomic E-state index is 0.0533. The van der Waals surface area contributed by atoms with E-state index in [-0.39, 0.29) is 11.7 Å². The highest BCUT2D eigenvalue weighted by atomic mass is 35.5. The van der Waals surface area contributed by atoms with E-state index in [9.17, 15) is 9.59 Å². The summed E-state index contributed by atoms with van der Waals surface area (Å²) in [6.07, 6.45) is 3.02. The van der Waals surface area contributed by atoms with Crippen molar-refractivity contribution in [3.8, 4) is 0 Å². The van der Waals surface area contributed by atoms with Crippen LogP contribution in [0.15, 0.2) is 48.5 Å². The van der Waals surface area contributed by atoms with E-state index in [0.29, 0.717) is 21.3 Å². The van der Waals surface area contributed by atoms with Crippen molar-refractivity contribution in [2.24, 2.45) is 0 Å². The Balaban J connectivity index is 2.06. The second-order valence-corrected chi connectivity index (χ2v) is 5.45. The summed E-state index contributed by atoms with van der Waals surface area (Å²) in [5, 5.41) is 3.59. The van der Waals surface area contributed by atoms with Gasteiger partial charge in [-0.2, -0.15) is 0 Å². The molecule has 0 saturated heterocycles. The SMILES string of the molecule is CC(=O)c1cccc(NC(=O)/C=C/c2ccc(Cl)c(Cl)c2)c1. The van der Waals surface area contributed by atoms with Gasteiger partial charge >= 0.3 is 0 Å². The lowest BCUT2D eigenvalue weighted by molar-refractivity contribution is -0.111. The van der Waals surface area contributed by atoms with Crippen molar-refractivity contribution in [2.75, 3.05) is 5.32 Å². The Bertz CT molecular complexity index is 754. The monoisotopic (exact) mass is 333 g/mol. The third kappa shape index (κ3) is 4.45. The van der Waals surface area contributed by atoms with Crippen molar-refractivity contribution < 1.29 is 9.59 Å². The Morgan fingerprint density at radius 3 is 2.50 bits per heavy atom. The van der Waals surface area contributed by atoms with Crippen molar-refractivity contribution in [1.82, 2.24) is 0 Å². The van der Waals surface area contributed by atoms with Gasteiger partial charge in [0.25, 0.3) is 0 Å². The van der Waals surface area contributed by atoms with Gasteiger partial charge in [0.05, 0.1) is 10.0 Å². The highest BCUT2D eigenvalue weighted by Gasteiger charge is 2.03. The van der Waals surface area contributed by atoms with E-state index in [0.717, 1.165) is 5.56 Å². The molecule has 0 heterocycles. The average molecular weight is 334 g/mol. The van der Waals surface area contributed by atoms with E-state index < -0.39 is 0 Å². The van der Waals surface area contributed by atoms with Gasteiger partial charge in [-0.1, -0.05) is 41.4 Å². The lowest BCUT2D eigenvalue weighted by Crippen LogP contribution is -2.08. The van der Waals surface area contributed by atoms with Gasteiger partial charge in [-0.15, -0.1) is 0 Å². The van der Waals surface area contributed by atoms with Crippen LogP contribution in [0.4, 0.5) is 5.69 Å². The molecule has 2 aromatic rings. The molecule has 5 heteroatoms. The zero-order chi connectivity index (χ0) is 16.1. The van der Waals surface area contributed by atoms with Gasteiger partial charge in [0.1, 0.15) is 0 Å². The molecule has 1 N–H and O–H groups in total. The van der Waals surface area contributed by atoms with Gasteiger partial charge in [0.15, 0.2) is 5.78 Å². The molecule has 0 aliphatic carbocycles. The number of Topliss-reactive ketones (excluding diaryl/α,β-unsaturated/α-hetero) is 1. The zero-order valence-corrected chi connectivity index (χ0v) is 13.3. The molecule has 0 atom stereocenters. The molecule has 0 saturated carbocycles. The molecule has 0 unspecified atom stereocenters. The topological polar surface area (TPSA) is 46.2 Å². The van der Waals surface area contributed by atoms with Gasteiger partial charge in [0.2, 0.25) is 5.91 Å². The fourth-order valence-electron chi connectivity index (χ4n) is 1.79. The molecule has 0 radical (unpaired) electrons. The van der Waals surface area contributed by atoms with Crippen LogP contribution in [-0.2, 0) is 4.79 Å². The van der Waals surface area contributed by atoms with Crippen molar-refractivity contribution >= 4 is 46.7 Å². The Kier molecular flexibility index (Phi) is 5.36. The summed E-state index contributed by atoms with van der Waals surface area (Å²) in [6, 6.07) is 11.9. The molecule has 2 aromatic carbocycles. The number of ketones is 1. The van der Waals surface area contributed by atoms with Crippen LogP contribution < -0.4 is 5.32 Å². The summed E-state index contributed by atoms with van der Waals surface area (Å²) in [5.41, 5.74) is 1.88. The fourth-order valence-corrected chi connectivity index (χ4v) is 2.09. The van der Waals surface area contributed by atoms with Crippen molar-refractivity contribution in [2.45, 2.75) is 6.92 Å². The first-order valence-electron chi connectivity index (χ1n) is 6.51. The molecule has 0 aliphatic rings. The van der Waals surface area contributed by atoms with E-state index in [1.807, 2.05) is 0 Å². The smallest absolute Gasteiger partial charge is 0.248 e. The van der Waals surface area contributed by atoms with Crippen LogP contribution in [0.3, 0.4) is 0 Å². The minimum Gasteiger partial charge on any atom is -0.322 e. The van der Waals surface area contributed by atoms with E-state index in [4.69, 9.17) is 23.2 Å². The zero-order valence-electron chi connectivity index (χ0n) is 11.8. The summed E-state index contributed by atoms with van der Waals surface area (Å²) < 4.78 is 0. The number of amides is 1. The van der Waals surface area contributed by atoms with Gasteiger partial charge in [-0.25, -0.2) is 0 Å².